The second kappa shape index (κ2) is 6.70. The van der Waals surface area contributed by atoms with E-state index in [9.17, 15) is 12.8 Å². The number of hydrogen-bond donors (Lipinski definition) is 1. The van der Waals surface area contributed by atoms with Crippen LogP contribution in [-0.4, -0.2) is 26.8 Å². The molecule has 0 aliphatic carbocycles. The fraction of sp³-hybridized carbons (Fsp3) is 0.500. The van der Waals surface area contributed by atoms with E-state index in [4.69, 9.17) is 4.74 Å². The summed E-state index contributed by atoms with van der Waals surface area (Å²) >= 11 is 0. The minimum absolute atomic E-state index is 0.0828. The Morgan fingerprint density at radius 2 is 2.06 bits per heavy atom. The maximum atomic E-state index is 13.3. The molecule has 0 saturated carbocycles. The third-order valence-corrected chi connectivity index (χ3v) is 3.78. The molecule has 0 bridgehead atoms. The zero-order valence-corrected chi connectivity index (χ0v) is 11.3. The van der Waals surface area contributed by atoms with Crippen molar-refractivity contribution in [2.45, 2.75) is 26.4 Å². The Balaban J connectivity index is 2.48. The molecule has 1 aromatic carbocycles. The predicted octanol–water partition coefficient (Wildman–Crippen LogP) is 1.92. The number of nitrogens with one attached hydrogen (secondary N) is 1. The highest BCUT2D eigenvalue weighted by Crippen LogP contribution is 2.16. The van der Waals surface area contributed by atoms with E-state index in [2.05, 4.69) is 4.72 Å². The van der Waals surface area contributed by atoms with Crippen LogP contribution in [-0.2, 0) is 10.0 Å². The number of halogens is 1. The highest BCUT2D eigenvalue weighted by atomic mass is 32.2. The van der Waals surface area contributed by atoms with E-state index in [1.165, 1.54) is 12.1 Å². The Morgan fingerprint density at radius 3 is 2.67 bits per heavy atom. The summed E-state index contributed by atoms with van der Waals surface area (Å²) in [6.07, 6.45) is 0.117. The molecule has 0 unspecified atom stereocenters. The number of rotatable bonds is 7. The van der Waals surface area contributed by atoms with Crippen LogP contribution in [0.2, 0.25) is 0 Å². The minimum Gasteiger partial charge on any atom is -0.486 e. The molecule has 0 amide bonds. The van der Waals surface area contributed by atoms with E-state index in [0.29, 0.717) is 6.42 Å². The number of para-hydroxylation sites is 1. The standard InChI is InChI=1S/C12H18FNO3S/c1-3-8-18(15,16)14-9-10(2)17-12-7-5-4-6-11(12)13/h4-7,10,14H,3,8-9H2,1-2H3/t10-/m0/s1. The molecule has 0 heterocycles. The van der Waals surface area contributed by atoms with Crippen LogP contribution < -0.4 is 9.46 Å². The molecule has 0 saturated heterocycles. The first-order valence-electron chi connectivity index (χ1n) is 5.83. The van der Waals surface area contributed by atoms with Gasteiger partial charge in [0.05, 0.1) is 5.75 Å². The summed E-state index contributed by atoms with van der Waals surface area (Å²) in [4.78, 5) is 0. The monoisotopic (exact) mass is 275 g/mol. The largest absolute Gasteiger partial charge is 0.486 e. The van der Waals surface area contributed by atoms with Crippen LogP contribution in [0.5, 0.6) is 5.75 Å². The van der Waals surface area contributed by atoms with E-state index < -0.39 is 21.9 Å². The molecule has 6 heteroatoms. The summed E-state index contributed by atoms with van der Waals surface area (Å²) in [6, 6.07) is 6.03. The number of ether oxygens (including phenoxy) is 1. The van der Waals surface area contributed by atoms with Crippen LogP contribution in [0.25, 0.3) is 0 Å². The van der Waals surface area contributed by atoms with Gasteiger partial charge in [0, 0.05) is 6.54 Å². The van der Waals surface area contributed by atoms with Gasteiger partial charge >= 0.3 is 0 Å². The lowest BCUT2D eigenvalue weighted by Crippen LogP contribution is -2.35. The first-order valence-corrected chi connectivity index (χ1v) is 7.48. The highest BCUT2D eigenvalue weighted by Gasteiger charge is 2.12. The zero-order chi connectivity index (χ0) is 13.6. The van der Waals surface area contributed by atoms with Gasteiger partial charge in [-0.3, -0.25) is 0 Å². The first-order chi connectivity index (χ1) is 8.44. The molecule has 0 aliphatic rings. The molecular formula is C12H18FNO3S. The molecule has 4 nitrogen and oxygen atoms in total. The Morgan fingerprint density at radius 1 is 1.39 bits per heavy atom. The lowest BCUT2D eigenvalue weighted by atomic mass is 10.3. The highest BCUT2D eigenvalue weighted by molar-refractivity contribution is 7.89. The van der Waals surface area contributed by atoms with E-state index in [1.807, 2.05) is 0 Å². The van der Waals surface area contributed by atoms with Gasteiger partial charge < -0.3 is 4.74 Å². The first kappa shape index (κ1) is 14.9. The summed E-state index contributed by atoms with van der Waals surface area (Å²) in [5.41, 5.74) is 0. The maximum Gasteiger partial charge on any atom is 0.211 e. The lowest BCUT2D eigenvalue weighted by Gasteiger charge is -2.15. The molecule has 0 aliphatic heterocycles. The third-order valence-electron chi connectivity index (χ3n) is 2.23. The normalized spacial score (nSPS) is 13.3. The quantitative estimate of drug-likeness (QED) is 0.827. The Bertz CT molecular complexity index is 476. The van der Waals surface area contributed by atoms with Gasteiger partial charge in [0.1, 0.15) is 6.10 Å². The van der Waals surface area contributed by atoms with Crippen LogP contribution in [0.4, 0.5) is 4.39 Å². The summed E-state index contributed by atoms with van der Waals surface area (Å²) < 4.78 is 43.8. The van der Waals surface area contributed by atoms with Crippen molar-refractivity contribution < 1.29 is 17.5 Å². The Labute approximate surface area is 107 Å². The van der Waals surface area contributed by atoms with Crippen molar-refractivity contribution in [1.29, 1.82) is 0 Å². The third kappa shape index (κ3) is 5.01. The summed E-state index contributed by atoms with van der Waals surface area (Å²) in [5.74, 6) is -0.250. The van der Waals surface area contributed by atoms with Gasteiger partial charge in [0.15, 0.2) is 11.6 Å². The van der Waals surface area contributed by atoms with Crippen molar-refractivity contribution in [2.75, 3.05) is 12.3 Å². The average molecular weight is 275 g/mol. The maximum absolute atomic E-state index is 13.3. The molecule has 1 N–H and O–H groups in total. The number of hydrogen-bond acceptors (Lipinski definition) is 3. The molecule has 0 radical (unpaired) electrons. The minimum atomic E-state index is -3.25. The van der Waals surface area contributed by atoms with Crippen molar-refractivity contribution in [3.05, 3.63) is 30.1 Å². The van der Waals surface area contributed by atoms with Crippen molar-refractivity contribution >= 4 is 10.0 Å². The molecule has 0 spiro atoms. The molecule has 0 fully saturated rings. The lowest BCUT2D eigenvalue weighted by molar-refractivity contribution is 0.215. The van der Waals surface area contributed by atoms with Crippen molar-refractivity contribution in [3.63, 3.8) is 0 Å². The fourth-order valence-corrected chi connectivity index (χ4v) is 2.55. The SMILES string of the molecule is CCCS(=O)(=O)NC[C@H](C)Oc1ccccc1F. The Hall–Kier alpha value is -1.14. The summed E-state index contributed by atoms with van der Waals surface area (Å²) in [5, 5.41) is 0. The molecular weight excluding hydrogens is 257 g/mol. The van der Waals surface area contributed by atoms with Crippen molar-refractivity contribution in [2.24, 2.45) is 0 Å². The van der Waals surface area contributed by atoms with Crippen LogP contribution in [0.1, 0.15) is 20.3 Å². The van der Waals surface area contributed by atoms with Gasteiger partial charge in [-0.05, 0) is 25.5 Å². The van der Waals surface area contributed by atoms with Gasteiger partial charge in [-0.25, -0.2) is 17.5 Å². The number of sulfonamides is 1. The van der Waals surface area contributed by atoms with Crippen LogP contribution in [0.3, 0.4) is 0 Å². The van der Waals surface area contributed by atoms with Gasteiger partial charge in [-0.2, -0.15) is 0 Å². The smallest absolute Gasteiger partial charge is 0.211 e. The van der Waals surface area contributed by atoms with Crippen molar-refractivity contribution in [3.8, 4) is 5.75 Å². The molecule has 0 aromatic heterocycles. The molecule has 18 heavy (non-hydrogen) atoms. The van der Waals surface area contributed by atoms with Gasteiger partial charge in [-0.15, -0.1) is 0 Å². The average Bonchev–Trinajstić information content (AvgIpc) is 2.30. The van der Waals surface area contributed by atoms with Crippen LogP contribution in [0.15, 0.2) is 24.3 Å². The topological polar surface area (TPSA) is 55.4 Å². The molecule has 102 valence electrons. The molecule has 1 aromatic rings. The van der Waals surface area contributed by atoms with E-state index in [-0.39, 0.29) is 18.0 Å². The fourth-order valence-electron chi connectivity index (χ4n) is 1.38. The Kier molecular flexibility index (Phi) is 5.55. The summed E-state index contributed by atoms with van der Waals surface area (Å²) in [6.45, 7) is 3.59. The van der Waals surface area contributed by atoms with Gasteiger partial charge in [0.2, 0.25) is 10.0 Å². The van der Waals surface area contributed by atoms with E-state index >= 15 is 0 Å². The summed E-state index contributed by atoms with van der Waals surface area (Å²) in [7, 11) is -3.25. The second-order valence-electron chi connectivity index (χ2n) is 4.03. The molecule has 1 rings (SSSR count). The van der Waals surface area contributed by atoms with Crippen molar-refractivity contribution in [1.82, 2.24) is 4.72 Å². The van der Waals surface area contributed by atoms with Gasteiger partial charge in [0.25, 0.3) is 0 Å². The predicted molar refractivity (Wildman–Crippen MR) is 68.6 cm³/mol. The number of benzene rings is 1. The van der Waals surface area contributed by atoms with Gasteiger partial charge in [-0.1, -0.05) is 19.1 Å². The zero-order valence-electron chi connectivity index (χ0n) is 10.5. The van der Waals surface area contributed by atoms with Crippen LogP contribution in [0, 0.1) is 5.82 Å². The second-order valence-corrected chi connectivity index (χ2v) is 5.95. The molecule has 1 atom stereocenters. The van der Waals surface area contributed by atoms with E-state index in [0.717, 1.165) is 0 Å². The van der Waals surface area contributed by atoms with Crippen LogP contribution >= 0.6 is 0 Å². The van der Waals surface area contributed by atoms with E-state index in [1.54, 1.807) is 26.0 Å².